The quantitative estimate of drug-likeness (QED) is 0.749. The predicted octanol–water partition coefficient (Wildman–Crippen LogP) is 3.70. The average molecular weight is 366 g/mol. The molecule has 4 nitrogen and oxygen atoms in total. The Morgan fingerprint density at radius 2 is 1.81 bits per heavy atom. The molecule has 134 valence electrons. The minimum atomic E-state index is 0.000362. The third-order valence-electron chi connectivity index (χ3n) is 4.78. The van der Waals surface area contributed by atoms with Crippen molar-refractivity contribution in [3.05, 3.63) is 71.1 Å². The van der Waals surface area contributed by atoms with Crippen molar-refractivity contribution in [2.75, 3.05) is 32.8 Å². The van der Waals surface area contributed by atoms with Crippen LogP contribution in [0.25, 0.3) is 10.1 Å². The van der Waals surface area contributed by atoms with Crippen LogP contribution in [0.15, 0.2) is 60.7 Å². The van der Waals surface area contributed by atoms with Crippen LogP contribution < -0.4 is 5.32 Å². The summed E-state index contributed by atoms with van der Waals surface area (Å²) in [6.45, 7) is 3.86. The Kier molecular flexibility index (Phi) is 5.29. The van der Waals surface area contributed by atoms with Gasteiger partial charge in [0.1, 0.15) is 0 Å². The van der Waals surface area contributed by atoms with Gasteiger partial charge in [0.05, 0.1) is 24.1 Å². The summed E-state index contributed by atoms with van der Waals surface area (Å²) in [7, 11) is 0. The van der Waals surface area contributed by atoms with E-state index in [-0.39, 0.29) is 11.9 Å². The van der Waals surface area contributed by atoms with E-state index < -0.39 is 0 Å². The maximum Gasteiger partial charge on any atom is 0.261 e. The van der Waals surface area contributed by atoms with E-state index in [1.54, 1.807) is 11.3 Å². The molecule has 2 heterocycles. The van der Waals surface area contributed by atoms with Crippen molar-refractivity contribution in [3.8, 4) is 0 Å². The molecule has 0 radical (unpaired) electrons. The fourth-order valence-electron chi connectivity index (χ4n) is 3.39. The fourth-order valence-corrected chi connectivity index (χ4v) is 4.37. The summed E-state index contributed by atoms with van der Waals surface area (Å²) in [6.07, 6.45) is 0. The monoisotopic (exact) mass is 366 g/mol. The zero-order valence-electron chi connectivity index (χ0n) is 14.6. The molecular weight excluding hydrogens is 344 g/mol. The maximum atomic E-state index is 12.7. The number of carbonyl (C=O) groups excluding carboxylic acids is 1. The number of morpholine rings is 1. The Labute approximate surface area is 157 Å². The topological polar surface area (TPSA) is 41.6 Å². The third-order valence-corrected chi connectivity index (χ3v) is 5.89. The Bertz CT molecular complexity index is 839. The number of amides is 1. The first-order chi connectivity index (χ1) is 12.8. The number of thiophene rings is 1. The van der Waals surface area contributed by atoms with Crippen LogP contribution in [0.1, 0.15) is 21.3 Å². The maximum absolute atomic E-state index is 12.7. The van der Waals surface area contributed by atoms with E-state index in [9.17, 15) is 4.79 Å². The standard InChI is InChI=1S/C21H22N2O2S/c24-21(20-14-17-8-4-5-9-19(17)26-20)22-15-18(16-6-2-1-3-7-16)23-10-12-25-13-11-23/h1-9,14,18H,10-13,15H2,(H,22,24). The number of hydrogen-bond donors (Lipinski definition) is 1. The van der Waals surface area contributed by atoms with Gasteiger partial charge in [-0.05, 0) is 23.1 Å². The number of hydrogen-bond acceptors (Lipinski definition) is 4. The number of fused-ring (bicyclic) bond motifs is 1. The van der Waals surface area contributed by atoms with E-state index in [2.05, 4.69) is 40.5 Å². The van der Waals surface area contributed by atoms with Crippen LogP contribution in [0.3, 0.4) is 0 Å². The second kappa shape index (κ2) is 7.99. The van der Waals surface area contributed by atoms with Crippen molar-refractivity contribution in [1.82, 2.24) is 10.2 Å². The van der Waals surface area contributed by atoms with Crippen molar-refractivity contribution in [3.63, 3.8) is 0 Å². The zero-order valence-corrected chi connectivity index (χ0v) is 15.4. The summed E-state index contributed by atoms with van der Waals surface area (Å²) in [4.78, 5) is 15.8. The first kappa shape index (κ1) is 17.2. The van der Waals surface area contributed by atoms with E-state index in [1.165, 1.54) is 5.56 Å². The molecule has 1 aliphatic heterocycles. The van der Waals surface area contributed by atoms with Crippen LogP contribution in [-0.4, -0.2) is 43.7 Å². The van der Waals surface area contributed by atoms with Gasteiger partial charge in [-0.25, -0.2) is 0 Å². The van der Waals surface area contributed by atoms with Crippen LogP contribution in [0.2, 0.25) is 0 Å². The van der Waals surface area contributed by atoms with Gasteiger partial charge in [0.15, 0.2) is 0 Å². The van der Waals surface area contributed by atoms with Gasteiger partial charge in [-0.1, -0.05) is 48.5 Å². The van der Waals surface area contributed by atoms with Crippen LogP contribution in [0, 0.1) is 0 Å². The molecule has 26 heavy (non-hydrogen) atoms. The van der Waals surface area contributed by atoms with Gasteiger partial charge in [0.25, 0.3) is 5.91 Å². The Morgan fingerprint density at radius 1 is 1.08 bits per heavy atom. The molecule has 0 bridgehead atoms. The summed E-state index contributed by atoms with van der Waals surface area (Å²) < 4.78 is 6.63. The molecular formula is C21H22N2O2S. The molecule has 0 aliphatic carbocycles. The summed E-state index contributed by atoms with van der Waals surface area (Å²) in [6, 6.07) is 20.6. The SMILES string of the molecule is O=C(NCC(c1ccccc1)N1CCOCC1)c1cc2ccccc2s1. The third kappa shape index (κ3) is 3.80. The minimum Gasteiger partial charge on any atom is -0.379 e. The molecule has 1 unspecified atom stereocenters. The number of benzene rings is 2. The molecule has 1 amide bonds. The number of rotatable bonds is 5. The highest BCUT2D eigenvalue weighted by Crippen LogP contribution is 2.26. The molecule has 1 N–H and O–H groups in total. The molecule has 2 aromatic carbocycles. The van der Waals surface area contributed by atoms with Gasteiger partial charge >= 0.3 is 0 Å². The normalized spacial score (nSPS) is 16.5. The Balaban J connectivity index is 1.49. The van der Waals surface area contributed by atoms with Crippen LogP contribution in [0.4, 0.5) is 0 Å². The smallest absolute Gasteiger partial charge is 0.261 e. The lowest BCUT2D eigenvalue weighted by Gasteiger charge is -2.34. The van der Waals surface area contributed by atoms with Gasteiger partial charge in [0, 0.05) is 24.3 Å². The molecule has 1 fully saturated rings. The lowest BCUT2D eigenvalue weighted by atomic mass is 10.0. The Morgan fingerprint density at radius 3 is 2.58 bits per heavy atom. The van der Waals surface area contributed by atoms with E-state index in [0.29, 0.717) is 6.54 Å². The van der Waals surface area contributed by atoms with Gasteiger partial charge in [-0.2, -0.15) is 0 Å². The molecule has 4 rings (SSSR count). The van der Waals surface area contributed by atoms with Crippen molar-refractivity contribution >= 4 is 27.3 Å². The van der Waals surface area contributed by atoms with Crippen molar-refractivity contribution in [2.45, 2.75) is 6.04 Å². The summed E-state index contributed by atoms with van der Waals surface area (Å²) in [5.74, 6) is 0.000362. The van der Waals surface area contributed by atoms with Gasteiger partial charge in [0.2, 0.25) is 0 Å². The second-order valence-corrected chi connectivity index (χ2v) is 7.52. The zero-order chi connectivity index (χ0) is 17.8. The molecule has 0 spiro atoms. The van der Waals surface area contributed by atoms with Crippen molar-refractivity contribution in [1.29, 1.82) is 0 Å². The first-order valence-corrected chi connectivity index (χ1v) is 9.76. The van der Waals surface area contributed by atoms with E-state index in [1.807, 2.05) is 30.3 Å². The molecule has 5 heteroatoms. The van der Waals surface area contributed by atoms with E-state index >= 15 is 0 Å². The first-order valence-electron chi connectivity index (χ1n) is 8.95. The van der Waals surface area contributed by atoms with Gasteiger partial charge in [-0.3, -0.25) is 9.69 Å². The highest BCUT2D eigenvalue weighted by molar-refractivity contribution is 7.20. The number of ether oxygens (including phenoxy) is 1. The molecule has 1 aromatic heterocycles. The number of nitrogens with zero attached hydrogens (tertiary/aromatic N) is 1. The van der Waals surface area contributed by atoms with Crippen LogP contribution >= 0.6 is 11.3 Å². The highest BCUT2D eigenvalue weighted by Gasteiger charge is 2.23. The molecule has 0 saturated carbocycles. The van der Waals surface area contributed by atoms with Crippen molar-refractivity contribution < 1.29 is 9.53 Å². The van der Waals surface area contributed by atoms with Crippen LogP contribution in [0.5, 0.6) is 0 Å². The van der Waals surface area contributed by atoms with Crippen molar-refractivity contribution in [2.24, 2.45) is 0 Å². The number of carbonyl (C=O) groups is 1. The van der Waals surface area contributed by atoms with Gasteiger partial charge in [-0.15, -0.1) is 11.3 Å². The summed E-state index contributed by atoms with van der Waals surface area (Å²) in [5, 5.41) is 4.27. The predicted molar refractivity (Wildman–Crippen MR) is 106 cm³/mol. The second-order valence-electron chi connectivity index (χ2n) is 6.43. The largest absolute Gasteiger partial charge is 0.379 e. The molecule has 3 aromatic rings. The lowest BCUT2D eigenvalue weighted by Crippen LogP contribution is -2.43. The highest BCUT2D eigenvalue weighted by atomic mass is 32.1. The number of nitrogens with one attached hydrogen (secondary N) is 1. The van der Waals surface area contributed by atoms with E-state index in [4.69, 9.17) is 4.74 Å². The lowest BCUT2D eigenvalue weighted by molar-refractivity contribution is 0.0162. The average Bonchev–Trinajstić information content (AvgIpc) is 3.14. The van der Waals surface area contributed by atoms with Gasteiger partial charge < -0.3 is 10.1 Å². The molecule has 1 aliphatic rings. The molecule has 1 saturated heterocycles. The summed E-state index contributed by atoms with van der Waals surface area (Å²) in [5.41, 5.74) is 1.23. The Hall–Kier alpha value is -2.21. The van der Waals surface area contributed by atoms with Crippen LogP contribution in [-0.2, 0) is 4.74 Å². The fraction of sp³-hybridized carbons (Fsp3) is 0.286. The molecule has 1 atom stereocenters. The minimum absolute atomic E-state index is 0.000362. The summed E-state index contributed by atoms with van der Waals surface area (Å²) >= 11 is 1.54. The van der Waals surface area contributed by atoms with E-state index in [0.717, 1.165) is 41.3 Å².